The standard InChI is InChI=1S/C17H29N3O/c1-5-20(6-2)15(12-14-10-8-7-9-11-14)13-19-16(21)17(3,4)18/h7-11,15H,5-6,12-13,18H2,1-4H3,(H,19,21). The van der Waals surface area contributed by atoms with Gasteiger partial charge in [0, 0.05) is 12.6 Å². The number of carbonyl (C=O) groups excluding carboxylic acids is 1. The Kier molecular flexibility index (Phi) is 6.85. The Morgan fingerprint density at radius 2 is 1.81 bits per heavy atom. The third-order valence-electron chi connectivity index (χ3n) is 3.73. The van der Waals surface area contributed by atoms with Crippen molar-refractivity contribution in [2.75, 3.05) is 19.6 Å². The topological polar surface area (TPSA) is 58.4 Å². The zero-order chi connectivity index (χ0) is 15.9. The van der Waals surface area contributed by atoms with Crippen LogP contribution in [0.25, 0.3) is 0 Å². The molecule has 118 valence electrons. The van der Waals surface area contributed by atoms with Crippen LogP contribution in [0.2, 0.25) is 0 Å². The van der Waals surface area contributed by atoms with Crippen molar-refractivity contribution in [3.8, 4) is 0 Å². The minimum absolute atomic E-state index is 0.104. The molecule has 0 aliphatic carbocycles. The van der Waals surface area contributed by atoms with E-state index in [1.165, 1.54) is 5.56 Å². The summed E-state index contributed by atoms with van der Waals surface area (Å²) in [6.45, 7) is 10.3. The second kappa shape index (κ2) is 8.15. The monoisotopic (exact) mass is 291 g/mol. The lowest BCUT2D eigenvalue weighted by atomic mass is 10.0. The van der Waals surface area contributed by atoms with Crippen molar-refractivity contribution < 1.29 is 4.79 Å². The van der Waals surface area contributed by atoms with Crippen LogP contribution in [-0.2, 0) is 11.2 Å². The molecule has 1 aromatic carbocycles. The van der Waals surface area contributed by atoms with Crippen LogP contribution < -0.4 is 11.1 Å². The molecule has 0 aromatic heterocycles. The van der Waals surface area contributed by atoms with Gasteiger partial charge in [-0.2, -0.15) is 0 Å². The lowest BCUT2D eigenvalue weighted by molar-refractivity contribution is -0.125. The number of carbonyl (C=O) groups is 1. The van der Waals surface area contributed by atoms with Gasteiger partial charge in [-0.1, -0.05) is 44.2 Å². The third kappa shape index (κ3) is 5.86. The maximum absolute atomic E-state index is 12.0. The minimum atomic E-state index is -0.833. The fourth-order valence-electron chi connectivity index (χ4n) is 2.39. The highest BCUT2D eigenvalue weighted by Gasteiger charge is 2.24. The second-order valence-corrected chi connectivity index (χ2v) is 6.00. The van der Waals surface area contributed by atoms with Gasteiger partial charge in [-0.05, 0) is 38.9 Å². The van der Waals surface area contributed by atoms with E-state index in [0.29, 0.717) is 6.54 Å². The molecule has 1 amide bonds. The molecular weight excluding hydrogens is 262 g/mol. The molecule has 0 saturated heterocycles. The Hall–Kier alpha value is -1.39. The summed E-state index contributed by atoms with van der Waals surface area (Å²) in [6, 6.07) is 10.7. The Balaban J connectivity index is 2.71. The summed E-state index contributed by atoms with van der Waals surface area (Å²) in [4.78, 5) is 14.3. The number of hydrogen-bond acceptors (Lipinski definition) is 3. The number of nitrogens with one attached hydrogen (secondary N) is 1. The van der Waals surface area contributed by atoms with Gasteiger partial charge in [-0.3, -0.25) is 9.69 Å². The maximum Gasteiger partial charge on any atom is 0.239 e. The van der Waals surface area contributed by atoms with Crippen LogP contribution >= 0.6 is 0 Å². The average molecular weight is 291 g/mol. The molecule has 4 heteroatoms. The van der Waals surface area contributed by atoms with Crippen molar-refractivity contribution in [3.05, 3.63) is 35.9 Å². The molecule has 0 bridgehead atoms. The first kappa shape index (κ1) is 17.7. The first-order valence-corrected chi connectivity index (χ1v) is 7.73. The van der Waals surface area contributed by atoms with E-state index >= 15 is 0 Å². The smallest absolute Gasteiger partial charge is 0.239 e. The molecule has 21 heavy (non-hydrogen) atoms. The van der Waals surface area contributed by atoms with Crippen molar-refractivity contribution >= 4 is 5.91 Å². The normalized spacial score (nSPS) is 13.2. The van der Waals surface area contributed by atoms with E-state index in [-0.39, 0.29) is 11.9 Å². The quantitative estimate of drug-likeness (QED) is 0.768. The third-order valence-corrected chi connectivity index (χ3v) is 3.73. The number of rotatable bonds is 8. The lowest BCUT2D eigenvalue weighted by Gasteiger charge is -2.31. The van der Waals surface area contributed by atoms with E-state index in [4.69, 9.17) is 5.73 Å². The molecule has 1 aromatic rings. The first-order chi connectivity index (χ1) is 9.88. The largest absolute Gasteiger partial charge is 0.353 e. The number of nitrogens with two attached hydrogens (primary N) is 1. The van der Waals surface area contributed by atoms with Crippen LogP contribution in [0.3, 0.4) is 0 Å². The van der Waals surface area contributed by atoms with Crippen LogP contribution in [-0.4, -0.2) is 42.0 Å². The number of benzene rings is 1. The highest BCUT2D eigenvalue weighted by molar-refractivity contribution is 5.85. The highest BCUT2D eigenvalue weighted by Crippen LogP contribution is 2.09. The predicted molar refractivity (Wildman–Crippen MR) is 88.1 cm³/mol. The minimum Gasteiger partial charge on any atom is -0.353 e. The van der Waals surface area contributed by atoms with E-state index in [0.717, 1.165) is 19.5 Å². The first-order valence-electron chi connectivity index (χ1n) is 7.73. The molecule has 0 fully saturated rings. The van der Waals surface area contributed by atoms with E-state index in [2.05, 4.69) is 48.3 Å². The van der Waals surface area contributed by atoms with Gasteiger partial charge in [0.25, 0.3) is 0 Å². The van der Waals surface area contributed by atoms with Gasteiger partial charge in [0.05, 0.1) is 5.54 Å². The molecular formula is C17H29N3O. The van der Waals surface area contributed by atoms with E-state index in [9.17, 15) is 4.79 Å². The molecule has 1 rings (SSSR count). The van der Waals surface area contributed by atoms with Crippen molar-refractivity contribution in [2.45, 2.75) is 45.7 Å². The number of likely N-dealkylation sites (N-methyl/N-ethyl adjacent to an activating group) is 1. The van der Waals surface area contributed by atoms with Crippen LogP contribution in [0.15, 0.2) is 30.3 Å². The van der Waals surface area contributed by atoms with Gasteiger partial charge < -0.3 is 11.1 Å². The average Bonchev–Trinajstić information content (AvgIpc) is 2.45. The summed E-state index contributed by atoms with van der Waals surface area (Å²) >= 11 is 0. The predicted octanol–water partition coefficient (Wildman–Crippen LogP) is 1.79. The molecule has 0 aliphatic heterocycles. The summed E-state index contributed by atoms with van der Waals surface area (Å²) in [6.07, 6.45) is 0.924. The van der Waals surface area contributed by atoms with E-state index in [1.54, 1.807) is 13.8 Å². The van der Waals surface area contributed by atoms with Crippen LogP contribution in [0.5, 0.6) is 0 Å². The summed E-state index contributed by atoms with van der Waals surface area (Å²) in [5.74, 6) is -0.104. The van der Waals surface area contributed by atoms with Gasteiger partial charge in [0.1, 0.15) is 0 Å². The van der Waals surface area contributed by atoms with Crippen molar-refractivity contribution in [1.29, 1.82) is 0 Å². The highest BCUT2D eigenvalue weighted by atomic mass is 16.2. The van der Waals surface area contributed by atoms with Gasteiger partial charge in [0.2, 0.25) is 5.91 Å². The Labute approximate surface area is 128 Å². The zero-order valence-corrected chi connectivity index (χ0v) is 13.7. The molecule has 3 N–H and O–H groups in total. The van der Waals surface area contributed by atoms with Gasteiger partial charge in [0.15, 0.2) is 0 Å². The molecule has 0 saturated carbocycles. The molecule has 1 unspecified atom stereocenters. The Morgan fingerprint density at radius 1 is 1.24 bits per heavy atom. The number of amides is 1. The summed E-state index contributed by atoms with van der Waals surface area (Å²) in [5, 5.41) is 2.99. The fourth-order valence-corrected chi connectivity index (χ4v) is 2.39. The molecule has 0 heterocycles. The Bertz CT molecular complexity index is 421. The molecule has 4 nitrogen and oxygen atoms in total. The van der Waals surface area contributed by atoms with E-state index < -0.39 is 5.54 Å². The molecule has 0 spiro atoms. The van der Waals surface area contributed by atoms with Crippen molar-refractivity contribution in [1.82, 2.24) is 10.2 Å². The summed E-state index contributed by atoms with van der Waals surface area (Å²) in [7, 11) is 0. The summed E-state index contributed by atoms with van der Waals surface area (Å²) < 4.78 is 0. The van der Waals surface area contributed by atoms with Crippen LogP contribution in [0, 0.1) is 0 Å². The van der Waals surface area contributed by atoms with Crippen molar-refractivity contribution in [3.63, 3.8) is 0 Å². The second-order valence-electron chi connectivity index (χ2n) is 6.00. The molecule has 1 atom stereocenters. The van der Waals surface area contributed by atoms with Crippen LogP contribution in [0.1, 0.15) is 33.3 Å². The van der Waals surface area contributed by atoms with Gasteiger partial charge in [-0.15, -0.1) is 0 Å². The number of hydrogen-bond donors (Lipinski definition) is 2. The van der Waals surface area contributed by atoms with Crippen molar-refractivity contribution in [2.24, 2.45) is 5.73 Å². The van der Waals surface area contributed by atoms with Crippen LogP contribution in [0.4, 0.5) is 0 Å². The molecule has 0 radical (unpaired) electrons. The van der Waals surface area contributed by atoms with E-state index in [1.807, 2.05) is 6.07 Å². The lowest BCUT2D eigenvalue weighted by Crippen LogP contribution is -2.53. The van der Waals surface area contributed by atoms with Gasteiger partial charge in [-0.25, -0.2) is 0 Å². The Morgan fingerprint density at radius 3 is 2.29 bits per heavy atom. The SMILES string of the molecule is CCN(CC)C(CNC(=O)C(C)(C)N)Cc1ccccc1. The fraction of sp³-hybridized carbons (Fsp3) is 0.588. The maximum atomic E-state index is 12.0. The zero-order valence-electron chi connectivity index (χ0n) is 13.7. The summed E-state index contributed by atoms with van der Waals surface area (Å²) in [5.41, 5.74) is 6.29. The molecule has 0 aliphatic rings. The number of nitrogens with zero attached hydrogens (tertiary/aromatic N) is 1. The van der Waals surface area contributed by atoms with Gasteiger partial charge >= 0.3 is 0 Å².